The molecule has 2 saturated heterocycles. The average Bonchev–Trinajstić information content (AvgIpc) is 3.21. The molecule has 0 spiro atoms. The topological polar surface area (TPSA) is 47.6 Å². The molecule has 0 saturated carbocycles. The van der Waals surface area contributed by atoms with Gasteiger partial charge in [0.1, 0.15) is 0 Å². The maximum atomic E-state index is 12.6. The van der Waals surface area contributed by atoms with Crippen LogP contribution in [0.2, 0.25) is 0 Å². The van der Waals surface area contributed by atoms with Crippen molar-refractivity contribution in [1.29, 1.82) is 0 Å². The predicted molar refractivity (Wildman–Crippen MR) is 110 cm³/mol. The summed E-state index contributed by atoms with van der Waals surface area (Å²) in [6.07, 6.45) is 1.84. The number of hydrogen-bond acceptors (Lipinski definition) is 4. The Morgan fingerprint density at radius 3 is 2.37 bits per heavy atom. The van der Waals surface area contributed by atoms with Gasteiger partial charge in [0.05, 0.1) is 12.6 Å². The lowest BCUT2D eigenvalue weighted by atomic mass is 10.0. The number of rotatable bonds is 4. The minimum Gasteiger partial charge on any atom is -0.340 e. The van der Waals surface area contributed by atoms with Crippen LogP contribution in [0.3, 0.4) is 0 Å². The van der Waals surface area contributed by atoms with Gasteiger partial charge in [0, 0.05) is 36.7 Å². The van der Waals surface area contributed by atoms with Gasteiger partial charge in [0.25, 0.3) is 0 Å². The van der Waals surface area contributed by atoms with Crippen LogP contribution in [-0.2, 0) is 11.2 Å². The second-order valence-corrected chi connectivity index (χ2v) is 8.14. The first-order valence-corrected chi connectivity index (χ1v) is 10.3. The molecule has 0 aromatic heterocycles. The van der Waals surface area contributed by atoms with E-state index in [0.717, 1.165) is 42.6 Å². The van der Waals surface area contributed by atoms with Crippen molar-refractivity contribution in [3.63, 3.8) is 0 Å². The van der Waals surface area contributed by atoms with Crippen LogP contribution in [-0.4, -0.2) is 48.1 Å². The van der Waals surface area contributed by atoms with E-state index in [1.165, 1.54) is 5.56 Å². The van der Waals surface area contributed by atoms with Crippen LogP contribution in [0, 0.1) is 0 Å². The highest BCUT2D eigenvalue weighted by Gasteiger charge is 2.32. The first-order chi connectivity index (χ1) is 13.2. The number of hydrazine groups is 1. The molecule has 4 rings (SSSR count). The van der Waals surface area contributed by atoms with Gasteiger partial charge < -0.3 is 4.90 Å². The molecule has 2 N–H and O–H groups in total. The van der Waals surface area contributed by atoms with Crippen molar-refractivity contribution in [3.8, 4) is 0 Å². The molecule has 2 heterocycles. The zero-order valence-corrected chi connectivity index (χ0v) is 16.9. The van der Waals surface area contributed by atoms with Crippen molar-refractivity contribution in [2.75, 3.05) is 26.2 Å². The summed E-state index contributed by atoms with van der Waals surface area (Å²) in [5.41, 5.74) is 9.23. The molecule has 2 unspecified atom stereocenters. The van der Waals surface area contributed by atoms with Gasteiger partial charge in [-0.05, 0) is 29.7 Å². The molecule has 2 aliphatic heterocycles. The van der Waals surface area contributed by atoms with Gasteiger partial charge in [-0.25, -0.2) is 10.9 Å². The number of halogens is 1. The van der Waals surface area contributed by atoms with Crippen molar-refractivity contribution in [2.45, 2.75) is 25.0 Å². The lowest BCUT2D eigenvalue weighted by Gasteiger charge is -2.37. The summed E-state index contributed by atoms with van der Waals surface area (Å²) >= 11 is 3.43. The first-order valence-electron chi connectivity index (χ1n) is 9.51. The van der Waals surface area contributed by atoms with E-state index in [4.69, 9.17) is 0 Å². The van der Waals surface area contributed by atoms with Crippen molar-refractivity contribution < 1.29 is 4.79 Å². The summed E-state index contributed by atoms with van der Waals surface area (Å²) in [4.78, 5) is 17.0. The number of piperazine rings is 1. The Morgan fingerprint density at radius 1 is 0.963 bits per heavy atom. The van der Waals surface area contributed by atoms with Crippen LogP contribution >= 0.6 is 15.9 Å². The van der Waals surface area contributed by atoms with Crippen molar-refractivity contribution in [2.24, 2.45) is 0 Å². The molecule has 142 valence electrons. The minimum atomic E-state index is 0.219. The summed E-state index contributed by atoms with van der Waals surface area (Å²) in [6.45, 7) is 3.41. The molecule has 0 aliphatic carbocycles. The van der Waals surface area contributed by atoms with E-state index in [0.29, 0.717) is 18.6 Å². The molecular weight excluding hydrogens is 404 g/mol. The third-order valence-corrected chi connectivity index (χ3v) is 5.99. The third-order valence-electron chi connectivity index (χ3n) is 5.46. The van der Waals surface area contributed by atoms with Gasteiger partial charge in [-0.2, -0.15) is 0 Å². The highest BCUT2D eigenvalue weighted by atomic mass is 79.9. The van der Waals surface area contributed by atoms with Gasteiger partial charge in [-0.3, -0.25) is 9.69 Å². The Morgan fingerprint density at radius 2 is 1.67 bits per heavy atom. The number of carbonyl (C=O) groups excluding carboxylic acids is 1. The number of amides is 1. The normalized spacial score (nSPS) is 23.5. The fourth-order valence-corrected chi connectivity index (χ4v) is 4.12. The molecule has 2 fully saturated rings. The van der Waals surface area contributed by atoms with Crippen LogP contribution in [0.25, 0.3) is 0 Å². The largest absolute Gasteiger partial charge is 0.340 e. The Hall–Kier alpha value is -1.73. The molecule has 2 atom stereocenters. The zero-order valence-electron chi connectivity index (χ0n) is 15.3. The van der Waals surface area contributed by atoms with E-state index in [1.54, 1.807) is 0 Å². The zero-order chi connectivity index (χ0) is 18.6. The summed E-state index contributed by atoms with van der Waals surface area (Å²) in [5, 5.41) is 0. The summed E-state index contributed by atoms with van der Waals surface area (Å²) in [6, 6.07) is 18.9. The molecule has 2 aliphatic rings. The van der Waals surface area contributed by atoms with Crippen molar-refractivity contribution in [1.82, 2.24) is 20.7 Å². The van der Waals surface area contributed by atoms with E-state index in [1.807, 2.05) is 35.2 Å². The third kappa shape index (κ3) is 4.58. The molecule has 0 bridgehead atoms. The van der Waals surface area contributed by atoms with Crippen LogP contribution in [0.4, 0.5) is 0 Å². The smallest absolute Gasteiger partial charge is 0.227 e. The minimum absolute atomic E-state index is 0.219. The second-order valence-electron chi connectivity index (χ2n) is 7.22. The lowest BCUT2D eigenvalue weighted by molar-refractivity contribution is -0.132. The highest BCUT2D eigenvalue weighted by molar-refractivity contribution is 9.10. The fraction of sp³-hybridized carbons (Fsp3) is 0.381. The Kier molecular flexibility index (Phi) is 5.88. The maximum absolute atomic E-state index is 12.6. The number of nitrogens with zero attached hydrogens (tertiary/aromatic N) is 2. The van der Waals surface area contributed by atoms with Crippen molar-refractivity contribution in [3.05, 3.63) is 70.2 Å². The molecular formula is C21H25BrN4O. The molecule has 2 aromatic carbocycles. The summed E-state index contributed by atoms with van der Waals surface area (Å²) in [5.74, 6) is 0.219. The van der Waals surface area contributed by atoms with Crippen LogP contribution in [0.15, 0.2) is 59.1 Å². The fourth-order valence-electron chi connectivity index (χ4n) is 3.85. The quantitative estimate of drug-likeness (QED) is 0.785. The predicted octanol–water partition coefficient (Wildman–Crippen LogP) is 2.70. The van der Waals surface area contributed by atoms with Gasteiger partial charge >= 0.3 is 0 Å². The monoisotopic (exact) mass is 428 g/mol. The Balaban J connectivity index is 1.26. The number of benzene rings is 2. The van der Waals surface area contributed by atoms with Gasteiger partial charge in [-0.1, -0.05) is 58.4 Å². The van der Waals surface area contributed by atoms with Crippen molar-refractivity contribution >= 4 is 21.8 Å². The molecule has 0 radical (unpaired) electrons. The Labute approximate surface area is 168 Å². The summed E-state index contributed by atoms with van der Waals surface area (Å²) in [7, 11) is 0. The Bertz CT molecular complexity index is 760. The molecule has 2 aromatic rings. The standard InChI is InChI=1S/C21H25BrN4O/c22-18-8-6-16(7-9-18)14-21(27)26-12-10-25(11-13-26)20-15-19(23-24-20)17-4-2-1-3-5-17/h1-9,19-20,23-24H,10-15H2. The molecule has 6 heteroatoms. The van der Waals surface area contributed by atoms with Crippen LogP contribution in [0.1, 0.15) is 23.6 Å². The van der Waals surface area contributed by atoms with E-state index < -0.39 is 0 Å². The number of carbonyl (C=O) groups is 1. The van der Waals surface area contributed by atoms with E-state index >= 15 is 0 Å². The van der Waals surface area contributed by atoms with Crippen LogP contribution < -0.4 is 10.9 Å². The van der Waals surface area contributed by atoms with E-state index in [9.17, 15) is 4.79 Å². The first kappa shape index (κ1) is 18.6. The van der Waals surface area contributed by atoms with E-state index in [-0.39, 0.29) is 5.91 Å². The molecule has 27 heavy (non-hydrogen) atoms. The SMILES string of the molecule is O=C(Cc1ccc(Br)cc1)N1CCN(C2CC(c3ccccc3)NN2)CC1. The highest BCUT2D eigenvalue weighted by Crippen LogP contribution is 2.24. The number of nitrogens with one attached hydrogen (secondary N) is 2. The lowest BCUT2D eigenvalue weighted by Crippen LogP contribution is -2.55. The second kappa shape index (κ2) is 8.52. The van der Waals surface area contributed by atoms with Gasteiger partial charge in [0.15, 0.2) is 0 Å². The van der Waals surface area contributed by atoms with Gasteiger partial charge in [0.2, 0.25) is 5.91 Å². The van der Waals surface area contributed by atoms with Crippen LogP contribution in [0.5, 0.6) is 0 Å². The number of hydrogen-bond donors (Lipinski definition) is 2. The van der Waals surface area contributed by atoms with Gasteiger partial charge in [-0.15, -0.1) is 0 Å². The maximum Gasteiger partial charge on any atom is 0.227 e. The summed E-state index contributed by atoms with van der Waals surface area (Å²) < 4.78 is 1.04. The average molecular weight is 429 g/mol. The molecule has 5 nitrogen and oxygen atoms in total. The molecule has 1 amide bonds. The van der Waals surface area contributed by atoms with E-state index in [2.05, 4.69) is 55.9 Å².